The molecule has 1 aliphatic heterocycles. The van der Waals surface area contributed by atoms with E-state index in [0.29, 0.717) is 18.9 Å². The van der Waals surface area contributed by atoms with Gasteiger partial charge in [0.15, 0.2) is 0 Å². The van der Waals surface area contributed by atoms with Crippen molar-refractivity contribution in [3.05, 3.63) is 59.9 Å². The molecule has 3 rings (SSSR count). The molecule has 2 heterocycles. The smallest absolute Gasteiger partial charge is 0.226 e. The second kappa shape index (κ2) is 8.65. The van der Waals surface area contributed by atoms with E-state index in [4.69, 9.17) is 4.74 Å². The Labute approximate surface area is 149 Å². The molecule has 4 heteroatoms. The highest BCUT2D eigenvalue weighted by atomic mass is 16.5. The Kier molecular flexibility index (Phi) is 6.04. The number of hydrogen-bond acceptors (Lipinski definition) is 3. The van der Waals surface area contributed by atoms with E-state index in [-0.39, 0.29) is 5.91 Å². The van der Waals surface area contributed by atoms with Gasteiger partial charge in [0.05, 0.1) is 19.2 Å². The minimum Gasteiger partial charge on any atom is -0.492 e. The van der Waals surface area contributed by atoms with E-state index in [9.17, 15) is 4.79 Å². The van der Waals surface area contributed by atoms with Crippen molar-refractivity contribution in [2.24, 2.45) is 5.92 Å². The van der Waals surface area contributed by atoms with Crippen molar-refractivity contribution in [1.82, 2.24) is 9.88 Å². The van der Waals surface area contributed by atoms with E-state index in [1.165, 1.54) is 5.56 Å². The summed E-state index contributed by atoms with van der Waals surface area (Å²) in [6, 6.07) is 12.0. The van der Waals surface area contributed by atoms with Crippen molar-refractivity contribution >= 4 is 5.91 Å². The number of nitrogens with zero attached hydrogens (tertiary/aromatic N) is 2. The average molecular weight is 338 g/mol. The molecule has 1 amide bonds. The molecule has 132 valence electrons. The number of piperidine rings is 1. The predicted molar refractivity (Wildman–Crippen MR) is 98.5 cm³/mol. The number of hydrogen-bond donors (Lipinski definition) is 0. The summed E-state index contributed by atoms with van der Waals surface area (Å²) in [5.74, 6) is 1.71. The Bertz CT molecular complexity index is 679. The molecule has 1 aromatic carbocycles. The largest absolute Gasteiger partial charge is 0.492 e. The van der Waals surface area contributed by atoms with Crippen molar-refractivity contribution < 1.29 is 9.53 Å². The predicted octanol–water partition coefficient (Wildman–Crippen LogP) is 3.64. The molecule has 0 aliphatic carbocycles. The summed E-state index contributed by atoms with van der Waals surface area (Å²) in [5, 5.41) is 0. The summed E-state index contributed by atoms with van der Waals surface area (Å²) in [6.07, 6.45) is 7.17. The lowest BCUT2D eigenvalue weighted by Crippen LogP contribution is -2.39. The van der Waals surface area contributed by atoms with Crippen LogP contribution >= 0.6 is 0 Å². The molecule has 2 aromatic rings. The molecule has 1 aromatic heterocycles. The van der Waals surface area contributed by atoms with Gasteiger partial charge >= 0.3 is 0 Å². The number of aromatic nitrogens is 1. The van der Waals surface area contributed by atoms with Gasteiger partial charge in [-0.3, -0.25) is 9.78 Å². The highest BCUT2D eigenvalue weighted by Crippen LogP contribution is 2.22. The number of aryl methyl sites for hydroxylation is 1. The van der Waals surface area contributed by atoms with Gasteiger partial charge < -0.3 is 9.64 Å². The van der Waals surface area contributed by atoms with E-state index in [2.05, 4.69) is 24.0 Å². The molecule has 0 unspecified atom stereocenters. The van der Waals surface area contributed by atoms with Crippen LogP contribution in [0.1, 0.15) is 30.4 Å². The zero-order valence-electron chi connectivity index (χ0n) is 14.9. The summed E-state index contributed by atoms with van der Waals surface area (Å²) in [4.78, 5) is 18.5. The van der Waals surface area contributed by atoms with Crippen LogP contribution in [0.15, 0.2) is 48.8 Å². The number of carbonyl (C=O) groups excluding carboxylic acids is 1. The molecular formula is C21H26N2O2. The Morgan fingerprint density at radius 2 is 2.08 bits per heavy atom. The van der Waals surface area contributed by atoms with E-state index in [1.54, 1.807) is 12.4 Å². The van der Waals surface area contributed by atoms with Gasteiger partial charge in [0.25, 0.3) is 0 Å². The summed E-state index contributed by atoms with van der Waals surface area (Å²) in [5.41, 5.74) is 2.31. The molecule has 0 bridgehead atoms. The number of benzene rings is 1. The third-order valence-electron chi connectivity index (χ3n) is 4.83. The maximum absolute atomic E-state index is 12.5. The third-order valence-corrected chi connectivity index (χ3v) is 4.83. The first kappa shape index (κ1) is 17.5. The lowest BCUT2D eigenvalue weighted by atomic mass is 9.93. The van der Waals surface area contributed by atoms with Gasteiger partial charge in [-0.25, -0.2) is 0 Å². The lowest BCUT2D eigenvalue weighted by molar-refractivity contribution is -0.131. The maximum atomic E-state index is 12.5. The van der Waals surface area contributed by atoms with E-state index in [0.717, 1.165) is 43.7 Å². The van der Waals surface area contributed by atoms with Crippen LogP contribution in [0.3, 0.4) is 0 Å². The molecule has 1 fully saturated rings. The third kappa shape index (κ3) is 5.31. The molecule has 4 nitrogen and oxygen atoms in total. The number of likely N-dealkylation sites (tertiary alicyclic amines) is 1. The van der Waals surface area contributed by atoms with Gasteiger partial charge in [-0.15, -0.1) is 0 Å². The normalized spacial score (nSPS) is 15.2. The number of pyridine rings is 1. The number of carbonyl (C=O) groups is 1. The van der Waals surface area contributed by atoms with Crippen LogP contribution in [-0.4, -0.2) is 35.5 Å². The maximum Gasteiger partial charge on any atom is 0.226 e. The van der Waals surface area contributed by atoms with E-state index in [1.807, 2.05) is 29.2 Å². The standard InChI is InChI=1S/C21H26N2O2/c1-17-4-2-5-19(14-17)15-21(24)23-11-7-18(8-12-23)9-13-25-20-6-3-10-22-16-20/h2-6,10,14,16,18H,7-9,11-13,15H2,1H3. The second-order valence-electron chi connectivity index (χ2n) is 6.82. The van der Waals surface area contributed by atoms with Crippen LogP contribution in [0, 0.1) is 12.8 Å². The molecular weight excluding hydrogens is 312 g/mol. The molecule has 0 atom stereocenters. The highest BCUT2D eigenvalue weighted by Gasteiger charge is 2.22. The molecule has 0 saturated carbocycles. The number of rotatable bonds is 6. The monoisotopic (exact) mass is 338 g/mol. The number of amides is 1. The van der Waals surface area contributed by atoms with Gasteiger partial charge in [-0.1, -0.05) is 29.8 Å². The van der Waals surface area contributed by atoms with E-state index >= 15 is 0 Å². The Morgan fingerprint density at radius 1 is 1.24 bits per heavy atom. The molecule has 25 heavy (non-hydrogen) atoms. The van der Waals surface area contributed by atoms with Crippen LogP contribution in [0.4, 0.5) is 0 Å². The van der Waals surface area contributed by atoms with Crippen molar-refractivity contribution in [3.8, 4) is 5.75 Å². The minimum absolute atomic E-state index is 0.246. The van der Waals surface area contributed by atoms with Crippen molar-refractivity contribution in [2.45, 2.75) is 32.6 Å². The summed E-state index contributed by atoms with van der Waals surface area (Å²) >= 11 is 0. The fourth-order valence-corrected chi connectivity index (χ4v) is 3.36. The quantitative estimate of drug-likeness (QED) is 0.807. The van der Waals surface area contributed by atoms with Gasteiger partial charge in [0.1, 0.15) is 5.75 Å². The van der Waals surface area contributed by atoms with Crippen LogP contribution in [0.25, 0.3) is 0 Å². The summed E-state index contributed by atoms with van der Waals surface area (Å²) in [7, 11) is 0. The Balaban J connectivity index is 1.38. The molecule has 1 saturated heterocycles. The summed E-state index contributed by atoms with van der Waals surface area (Å²) in [6.45, 7) is 4.51. The van der Waals surface area contributed by atoms with Crippen LogP contribution in [0.2, 0.25) is 0 Å². The van der Waals surface area contributed by atoms with Crippen LogP contribution in [0.5, 0.6) is 5.75 Å². The van der Waals surface area contributed by atoms with Crippen molar-refractivity contribution in [1.29, 1.82) is 0 Å². The zero-order valence-corrected chi connectivity index (χ0v) is 14.9. The van der Waals surface area contributed by atoms with Crippen molar-refractivity contribution in [3.63, 3.8) is 0 Å². The van der Waals surface area contributed by atoms with Crippen LogP contribution in [-0.2, 0) is 11.2 Å². The molecule has 1 aliphatic rings. The second-order valence-corrected chi connectivity index (χ2v) is 6.82. The lowest BCUT2D eigenvalue weighted by Gasteiger charge is -2.32. The Morgan fingerprint density at radius 3 is 2.80 bits per heavy atom. The van der Waals surface area contributed by atoms with Gasteiger partial charge in [0.2, 0.25) is 5.91 Å². The molecule has 0 N–H and O–H groups in total. The first-order chi connectivity index (χ1) is 12.2. The Hall–Kier alpha value is -2.36. The fourth-order valence-electron chi connectivity index (χ4n) is 3.36. The first-order valence-electron chi connectivity index (χ1n) is 9.07. The SMILES string of the molecule is Cc1cccc(CC(=O)N2CCC(CCOc3cccnc3)CC2)c1. The highest BCUT2D eigenvalue weighted by molar-refractivity contribution is 5.78. The topological polar surface area (TPSA) is 42.4 Å². The number of ether oxygens (including phenoxy) is 1. The van der Waals surface area contributed by atoms with Gasteiger partial charge in [-0.2, -0.15) is 0 Å². The first-order valence-corrected chi connectivity index (χ1v) is 9.07. The minimum atomic E-state index is 0.246. The van der Waals surface area contributed by atoms with Gasteiger partial charge in [-0.05, 0) is 49.8 Å². The molecule has 0 spiro atoms. The molecule has 0 radical (unpaired) electrons. The fraction of sp³-hybridized carbons (Fsp3) is 0.429. The van der Waals surface area contributed by atoms with Gasteiger partial charge in [0, 0.05) is 19.3 Å². The van der Waals surface area contributed by atoms with Crippen LogP contribution < -0.4 is 4.74 Å². The summed E-state index contributed by atoms with van der Waals surface area (Å²) < 4.78 is 5.73. The zero-order chi connectivity index (χ0) is 17.5. The average Bonchev–Trinajstić information content (AvgIpc) is 2.63. The van der Waals surface area contributed by atoms with Crippen molar-refractivity contribution in [2.75, 3.05) is 19.7 Å². The van der Waals surface area contributed by atoms with E-state index < -0.39 is 0 Å².